The maximum atomic E-state index is 12.4. The van der Waals surface area contributed by atoms with E-state index >= 15 is 0 Å². The molecule has 0 aromatic heterocycles. The molecule has 1 aliphatic heterocycles. The van der Waals surface area contributed by atoms with Gasteiger partial charge in [-0.15, -0.1) is 0 Å². The van der Waals surface area contributed by atoms with E-state index in [1.807, 2.05) is 13.8 Å². The van der Waals surface area contributed by atoms with Crippen LogP contribution >= 0.6 is 8.60 Å². The Balaban J connectivity index is 1.94. The van der Waals surface area contributed by atoms with Crippen LogP contribution < -0.4 is 4.52 Å². The van der Waals surface area contributed by atoms with Gasteiger partial charge in [-0.2, -0.15) is 13.2 Å². The van der Waals surface area contributed by atoms with E-state index in [4.69, 9.17) is 13.6 Å². The van der Waals surface area contributed by atoms with E-state index in [1.54, 1.807) is 0 Å². The molecule has 106 valence electrons. The molecule has 1 aliphatic rings. The summed E-state index contributed by atoms with van der Waals surface area (Å²) < 4.78 is 53.3. The van der Waals surface area contributed by atoms with Crippen molar-refractivity contribution in [3.63, 3.8) is 0 Å². The first-order valence-corrected chi connectivity index (χ1v) is 6.77. The van der Waals surface area contributed by atoms with Gasteiger partial charge in [0.15, 0.2) is 0 Å². The van der Waals surface area contributed by atoms with Gasteiger partial charge >= 0.3 is 14.8 Å². The van der Waals surface area contributed by atoms with Crippen LogP contribution in [0.25, 0.3) is 0 Å². The van der Waals surface area contributed by atoms with Crippen LogP contribution in [0.3, 0.4) is 0 Å². The molecule has 1 fully saturated rings. The van der Waals surface area contributed by atoms with Crippen molar-refractivity contribution in [3.8, 4) is 5.75 Å². The third-order valence-electron chi connectivity index (χ3n) is 2.48. The zero-order valence-electron chi connectivity index (χ0n) is 10.5. The Morgan fingerprint density at radius 1 is 1.11 bits per heavy atom. The van der Waals surface area contributed by atoms with Gasteiger partial charge < -0.3 is 13.6 Å². The lowest BCUT2D eigenvalue weighted by Crippen LogP contribution is -2.28. The minimum atomic E-state index is -4.34. The van der Waals surface area contributed by atoms with E-state index in [9.17, 15) is 13.2 Å². The van der Waals surface area contributed by atoms with E-state index in [1.165, 1.54) is 12.1 Å². The van der Waals surface area contributed by atoms with Crippen molar-refractivity contribution in [1.82, 2.24) is 0 Å². The van der Waals surface area contributed by atoms with Gasteiger partial charge in [-0.25, -0.2) is 0 Å². The summed E-state index contributed by atoms with van der Waals surface area (Å²) in [5.41, 5.74) is -0.776. The molecule has 1 saturated heterocycles. The van der Waals surface area contributed by atoms with Crippen LogP contribution in [-0.2, 0) is 15.2 Å². The molecule has 0 saturated carbocycles. The fourth-order valence-electron chi connectivity index (χ4n) is 1.38. The fraction of sp³-hybridized carbons (Fsp3) is 0.500. The van der Waals surface area contributed by atoms with E-state index in [-0.39, 0.29) is 5.41 Å². The Hall–Kier alpha value is -0.840. The highest BCUT2D eigenvalue weighted by atomic mass is 31.2. The van der Waals surface area contributed by atoms with Gasteiger partial charge in [-0.3, -0.25) is 0 Å². The minimum Gasteiger partial charge on any atom is -0.427 e. The topological polar surface area (TPSA) is 27.7 Å². The predicted molar refractivity (Wildman–Crippen MR) is 64.7 cm³/mol. The molecular formula is C12H14F3O3P. The van der Waals surface area contributed by atoms with Gasteiger partial charge in [-0.05, 0) is 24.3 Å². The Bertz CT molecular complexity index is 421. The van der Waals surface area contributed by atoms with Crippen molar-refractivity contribution in [2.24, 2.45) is 5.41 Å². The molecule has 7 heteroatoms. The molecule has 0 spiro atoms. The van der Waals surface area contributed by atoms with Crippen LogP contribution in [0.1, 0.15) is 19.4 Å². The zero-order chi connectivity index (χ0) is 14.1. The molecule has 0 bridgehead atoms. The zero-order valence-corrected chi connectivity index (χ0v) is 11.4. The first-order chi connectivity index (χ1) is 8.76. The molecule has 1 heterocycles. The van der Waals surface area contributed by atoms with E-state index in [2.05, 4.69) is 0 Å². The van der Waals surface area contributed by atoms with E-state index < -0.39 is 20.3 Å². The van der Waals surface area contributed by atoms with Crippen LogP contribution in [0.4, 0.5) is 13.2 Å². The highest BCUT2D eigenvalue weighted by molar-refractivity contribution is 7.42. The highest BCUT2D eigenvalue weighted by Crippen LogP contribution is 2.47. The SMILES string of the molecule is CC1(C)COP(Oc2ccc(C(F)(F)F)cc2)OC1. The summed E-state index contributed by atoms with van der Waals surface area (Å²) >= 11 is 0. The van der Waals surface area contributed by atoms with Gasteiger partial charge in [0.2, 0.25) is 0 Å². The monoisotopic (exact) mass is 294 g/mol. The van der Waals surface area contributed by atoms with E-state index in [0.29, 0.717) is 19.0 Å². The summed E-state index contributed by atoms with van der Waals surface area (Å²) in [5.74, 6) is 0.304. The summed E-state index contributed by atoms with van der Waals surface area (Å²) in [4.78, 5) is 0. The van der Waals surface area contributed by atoms with Crippen molar-refractivity contribution >= 4 is 8.60 Å². The van der Waals surface area contributed by atoms with Crippen molar-refractivity contribution < 1.29 is 26.7 Å². The molecular weight excluding hydrogens is 280 g/mol. The summed E-state index contributed by atoms with van der Waals surface area (Å²) in [7, 11) is -1.53. The molecule has 2 rings (SSSR count). The Labute approximate surface area is 110 Å². The summed E-state index contributed by atoms with van der Waals surface area (Å²) in [5, 5.41) is 0. The minimum absolute atomic E-state index is 0.0671. The van der Waals surface area contributed by atoms with Crippen LogP contribution in [-0.4, -0.2) is 13.2 Å². The summed E-state index contributed by atoms with van der Waals surface area (Å²) in [6.45, 7) is 4.99. The molecule has 0 radical (unpaired) electrons. The Morgan fingerprint density at radius 2 is 1.63 bits per heavy atom. The van der Waals surface area contributed by atoms with Crippen molar-refractivity contribution in [2.45, 2.75) is 20.0 Å². The van der Waals surface area contributed by atoms with Crippen LogP contribution in [0.15, 0.2) is 24.3 Å². The molecule has 3 nitrogen and oxygen atoms in total. The smallest absolute Gasteiger partial charge is 0.416 e. The van der Waals surface area contributed by atoms with E-state index in [0.717, 1.165) is 12.1 Å². The average molecular weight is 294 g/mol. The standard InChI is InChI=1S/C12H14F3O3P/c1-11(2)7-16-19(17-8-11)18-10-5-3-9(4-6-10)12(13,14)15/h3-6H,7-8H2,1-2H3. The third kappa shape index (κ3) is 4.06. The maximum Gasteiger partial charge on any atom is 0.416 e. The molecule has 1 aromatic carbocycles. The van der Waals surface area contributed by atoms with Gasteiger partial charge in [-0.1, -0.05) is 13.8 Å². The first-order valence-electron chi connectivity index (χ1n) is 5.67. The molecule has 1 aromatic rings. The normalized spacial score (nSPS) is 20.3. The second kappa shape index (κ2) is 5.27. The van der Waals surface area contributed by atoms with Crippen molar-refractivity contribution in [1.29, 1.82) is 0 Å². The Morgan fingerprint density at radius 3 is 2.11 bits per heavy atom. The maximum absolute atomic E-state index is 12.4. The molecule has 0 unspecified atom stereocenters. The van der Waals surface area contributed by atoms with Gasteiger partial charge in [0, 0.05) is 5.41 Å². The number of hydrogen-bond donors (Lipinski definition) is 0. The van der Waals surface area contributed by atoms with Gasteiger partial charge in [0.25, 0.3) is 0 Å². The number of alkyl halides is 3. The lowest BCUT2D eigenvalue weighted by atomic mass is 9.97. The number of hydrogen-bond acceptors (Lipinski definition) is 3. The van der Waals surface area contributed by atoms with Crippen LogP contribution in [0.5, 0.6) is 5.75 Å². The molecule has 0 aliphatic carbocycles. The lowest BCUT2D eigenvalue weighted by Gasteiger charge is -2.32. The molecule has 19 heavy (non-hydrogen) atoms. The highest BCUT2D eigenvalue weighted by Gasteiger charge is 2.32. The molecule has 0 amide bonds. The summed E-state index contributed by atoms with van der Waals surface area (Å²) in [6.07, 6.45) is -4.34. The van der Waals surface area contributed by atoms with Gasteiger partial charge in [0.1, 0.15) is 5.75 Å². The lowest BCUT2D eigenvalue weighted by molar-refractivity contribution is -0.137. The summed E-state index contributed by atoms with van der Waals surface area (Å²) in [6, 6.07) is 4.46. The van der Waals surface area contributed by atoms with Crippen molar-refractivity contribution in [3.05, 3.63) is 29.8 Å². The molecule has 0 atom stereocenters. The first kappa shape index (κ1) is 14.6. The number of benzene rings is 1. The van der Waals surface area contributed by atoms with Crippen molar-refractivity contribution in [2.75, 3.05) is 13.2 Å². The quantitative estimate of drug-likeness (QED) is 0.757. The Kier molecular flexibility index (Phi) is 4.04. The van der Waals surface area contributed by atoms with Gasteiger partial charge in [0.05, 0.1) is 18.8 Å². The second-order valence-electron chi connectivity index (χ2n) is 5.05. The molecule has 0 N–H and O–H groups in total. The third-order valence-corrected chi connectivity index (χ3v) is 3.52. The number of rotatable bonds is 2. The van der Waals surface area contributed by atoms with Crippen LogP contribution in [0, 0.1) is 5.41 Å². The van der Waals surface area contributed by atoms with Crippen LogP contribution in [0.2, 0.25) is 0 Å². The second-order valence-corrected chi connectivity index (χ2v) is 6.19. The predicted octanol–water partition coefficient (Wildman–Crippen LogP) is 4.38. The fourth-order valence-corrected chi connectivity index (χ4v) is 2.76. The average Bonchev–Trinajstić information content (AvgIpc) is 2.31. The number of halogens is 3. The largest absolute Gasteiger partial charge is 0.427 e.